The van der Waals surface area contributed by atoms with Crippen LogP contribution in [0.2, 0.25) is 5.02 Å². The number of benzene rings is 2. The van der Waals surface area contributed by atoms with Crippen LogP contribution < -0.4 is 4.74 Å². The maximum absolute atomic E-state index is 9.34. The Hall–Kier alpha value is -1.51. The Labute approximate surface area is 118 Å². The van der Waals surface area contributed by atoms with Crippen molar-refractivity contribution in [3.8, 4) is 5.75 Å². The van der Waals surface area contributed by atoms with Crippen molar-refractivity contribution in [3.05, 3.63) is 64.7 Å². The SMILES string of the molecule is CC(O)Cc1ccc(OCc2ccccc2)c(Cl)c1. The minimum atomic E-state index is -0.368. The van der Waals surface area contributed by atoms with E-state index in [9.17, 15) is 5.11 Å². The zero-order chi connectivity index (χ0) is 13.7. The molecular weight excluding hydrogens is 260 g/mol. The van der Waals surface area contributed by atoms with Crippen molar-refractivity contribution in [2.75, 3.05) is 0 Å². The summed E-state index contributed by atoms with van der Waals surface area (Å²) >= 11 is 6.17. The van der Waals surface area contributed by atoms with Crippen molar-refractivity contribution < 1.29 is 9.84 Å². The van der Waals surface area contributed by atoms with Crippen LogP contribution in [0.25, 0.3) is 0 Å². The summed E-state index contributed by atoms with van der Waals surface area (Å²) in [5.41, 5.74) is 2.11. The third-order valence-electron chi connectivity index (χ3n) is 2.76. The Bertz CT molecular complexity index is 524. The summed E-state index contributed by atoms with van der Waals surface area (Å²) in [6, 6.07) is 15.6. The Morgan fingerprint density at radius 2 is 1.84 bits per heavy atom. The summed E-state index contributed by atoms with van der Waals surface area (Å²) in [5.74, 6) is 0.667. The maximum atomic E-state index is 9.34. The number of rotatable bonds is 5. The van der Waals surface area contributed by atoms with Gasteiger partial charge in [-0.1, -0.05) is 48.0 Å². The van der Waals surface area contributed by atoms with Crippen molar-refractivity contribution >= 4 is 11.6 Å². The summed E-state index contributed by atoms with van der Waals surface area (Å²) in [5, 5.41) is 9.92. The quantitative estimate of drug-likeness (QED) is 0.899. The van der Waals surface area contributed by atoms with Crippen molar-refractivity contribution in [2.24, 2.45) is 0 Å². The highest BCUT2D eigenvalue weighted by Crippen LogP contribution is 2.26. The number of ether oxygens (including phenoxy) is 1. The molecule has 0 spiro atoms. The van der Waals surface area contributed by atoms with E-state index in [1.807, 2.05) is 48.5 Å². The molecule has 1 unspecified atom stereocenters. The van der Waals surface area contributed by atoms with Gasteiger partial charge >= 0.3 is 0 Å². The Kier molecular flexibility index (Phi) is 4.83. The molecule has 19 heavy (non-hydrogen) atoms. The van der Waals surface area contributed by atoms with Crippen LogP contribution in [0.4, 0.5) is 0 Å². The lowest BCUT2D eigenvalue weighted by molar-refractivity contribution is 0.195. The lowest BCUT2D eigenvalue weighted by Gasteiger charge is -2.10. The Balaban J connectivity index is 2.01. The van der Waals surface area contributed by atoms with Crippen LogP contribution in [0.3, 0.4) is 0 Å². The highest BCUT2D eigenvalue weighted by Gasteiger charge is 2.05. The topological polar surface area (TPSA) is 29.5 Å². The van der Waals surface area contributed by atoms with E-state index >= 15 is 0 Å². The number of aliphatic hydroxyl groups excluding tert-OH is 1. The molecule has 0 fully saturated rings. The Morgan fingerprint density at radius 1 is 1.11 bits per heavy atom. The van der Waals surface area contributed by atoms with Gasteiger partial charge in [-0.05, 0) is 36.6 Å². The summed E-state index contributed by atoms with van der Waals surface area (Å²) in [6.07, 6.45) is 0.228. The number of halogens is 1. The van der Waals surface area contributed by atoms with Gasteiger partial charge in [0, 0.05) is 0 Å². The average Bonchev–Trinajstić information content (AvgIpc) is 2.38. The van der Waals surface area contributed by atoms with Gasteiger partial charge in [-0.3, -0.25) is 0 Å². The van der Waals surface area contributed by atoms with Crippen LogP contribution >= 0.6 is 11.6 Å². The number of hydrogen-bond donors (Lipinski definition) is 1. The molecule has 0 aliphatic heterocycles. The second-order valence-corrected chi connectivity index (χ2v) is 5.00. The molecule has 2 aromatic carbocycles. The van der Waals surface area contributed by atoms with Crippen LogP contribution in [-0.2, 0) is 13.0 Å². The van der Waals surface area contributed by atoms with Gasteiger partial charge in [-0.2, -0.15) is 0 Å². The lowest BCUT2D eigenvalue weighted by Crippen LogP contribution is -2.04. The molecule has 0 bridgehead atoms. The fourth-order valence-electron chi connectivity index (χ4n) is 1.86. The molecule has 0 heterocycles. The predicted octanol–water partition coefficient (Wildman–Crippen LogP) is 3.84. The van der Waals surface area contributed by atoms with E-state index in [1.165, 1.54) is 0 Å². The van der Waals surface area contributed by atoms with E-state index in [0.717, 1.165) is 11.1 Å². The lowest BCUT2D eigenvalue weighted by atomic mass is 10.1. The summed E-state index contributed by atoms with van der Waals surface area (Å²) in [7, 11) is 0. The fourth-order valence-corrected chi connectivity index (χ4v) is 2.12. The molecule has 0 amide bonds. The largest absolute Gasteiger partial charge is 0.487 e. The summed E-state index contributed by atoms with van der Waals surface area (Å²) in [6.45, 7) is 2.25. The molecule has 0 aliphatic rings. The third-order valence-corrected chi connectivity index (χ3v) is 3.06. The molecule has 0 radical (unpaired) electrons. The van der Waals surface area contributed by atoms with E-state index < -0.39 is 0 Å². The van der Waals surface area contributed by atoms with Crippen LogP contribution in [-0.4, -0.2) is 11.2 Å². The molecule has 2 rings (SSSR count). The van der Waals surface area contributed by atoms with E-state index in [-0.39, 0.29) is 6.10 Å². The minimum Gasteiger partial charge on any atom is -0.487 e. The van der Waals surface area contributed by atoms with E-state index in [2.05, 4.69) is 0 Å². The first-order chi connectivity index (χ1) is 9.15. The first-order valence-corrected chi connectivity index (χ1v) is 6.66. The predicted molar refractivity (Wildman–Crippen MR) is 77.6 cm³/mol. The van der Waals surface area contributed by atoms with E-state index in [0.29, 0.717) is 23.8 Å². The minimum absolute atomic E-state index is 0.368. The molecule has 3 heteroatoms. The van der Waals surface area contributed by atoms with Gasteiger partial charge in [-0.15, -0.1) is 0 Å². The molecule has 0 saturated carbocycles. The second kappa shape index (κ2) is 6.60. The average molecular weight is 277 g/mol. The van der Waals surface area contributed by atoms with Crippen molar-refractivity contribution in [2.45, 2.75) is 26.1 Å². The van der Waals surface area contributed by atoms with Gasteiger partial charge in [0.2, 0.25) is 0 Å². The van der Waals surface area contributed by atoms with Crippen molar-refractivity contribution in [3.63, 3.8) is 0 Å². The smallest absolute Gasteiger partial charge is 0.138 e. The van der Waals surface area contributed by atoms with Gasteiger partial charge in [-0.25, -0.2) is 0 Å². The zero-order valence-corrected chi connectivity index (χ0v) is 11.6. The molecule has 0 aliphatic carbocycles. The van der Waals surface area contributed by atoms with Gasteiger partial charge in [0.15, 0.2) is 0 Å². The fraction of sp³-hybridized carbons (Fsp3) is 0.250. The van der Waals surface area contributed by atoms with E-state index in [4.69, 9.17) is 16.3 Å². The van der Waals surface area contributed by atoms with Gasteiger partial charge in [0.25, 0.3) is 0 Å². The van der Waals surface area contributed by atoms with Crippen LogP contribution in [0.15, 0.2) is 48.5 Å². The molecule has 2 nitrogen and oxygen atoms in total. The van der Waals surface area contributed by atoms with Gasteiger partial charge < -0.3 is 9.84 Å². The molecule has 100 valence electrons. The highest BCUT2D eigenvalue weighted by atomic mass is 35.5. The third kappa shape index (κ3) is 4.27. The van der Waals surface area contributed by atoms with Gasteiger partial charge in [0.05, 0.1) is 11.1 Å². The van der Waals surface area contributed by atoms with Crippen LogP contribution in [0.5, 0.6) is 5.75 Å². The standard InChI is InChI=1S/C16H17ClO2/c1-12(18)9-14-7-8-16(15(17)10-14)19-11-13-5-3-2-4-6-13/h2-8,10,12,18H,9,11H2,1H3. The molecule has 1 atom stereocenters. The zero-order valence-electron chi connectivity index (χ0n) is 10.8. The molecule has 0 aromatic heterocycles. The molecule has 2 aromatic rings. The number of aliphatic hydroxyl groups is 1. The summed E-state index contributed by atoms with van der Waals surface area (Å²) < 4.78 is 5.69. The van der Waals surface area contributed by atoms with Crippen molar-refractivity contribution in [1.82, 2.24) is 0 Å². The van der Waals surface area contributed by atoms with Crippen LogP contribution in [0, 0.1) is 0 Å². The highest BCUT2D eigenvalue weighted by molar-refractivity contribution is 6.32. The first kappa shape index (κ1) is 13.9. The Morgan fingerprint density at radius 3 is 2.47 bits per heavy atom. The monoisotopic (exact) mass is 276 g/mol. The van der Waals surface area contributed by atoms with Crippen LogP contribution in [0.1, 0.15) is 18.1 Å². The molecule has 1 N–H and O–H groups in total. The molecular formula is C16H17ClO2. The normalized spacial score (nSPS) is 12.2. The number of hydrogen-bond acceptors (Lipinski definition) is 2. The van der Waals surface area contributed by atoms with Crippen molar-refractivity contribution in [1.29, 1.82) is 0 Å². The van der Waals surface area contributed by atoms with E-state index in [1.54, 1.807) is 6.92 Å². The first-order valence-electron chi connectivity index (χ1n) is 6.28. The summed E-state index contributed by atoms with van der Waals surface area (Å²) in [4.78, 5) is 0. The molecule has 0 saturated heterocycles. The maximum Gasteiger partial charge on any atom is 0.138 e. The second-order valence-electron chi connectivity index (χ2n) is 4.59. The van der Waals surface area contributed by atoms with Gasteiger partial charge in [0.1, 0.15) is 12.4 Å².